The molecular weight excluding hydrogens is 206 g/mol. The number of benzene rings is 1. The van der Waals surface area contributed by atoms with Crippen LogP contribution < -0.4 is 10.5 Å². The Bertz CT molecular complexity index is 376. The molecule has 2 aliphatic rings. The number of fused-ring (bicyclic) bond motifs is 1. The summed E-state index contributed by atoms with van der Waals surface area (Å²) in [4.78, 5) is 0. The summed E-state index contributed by atoms with van der Waals surface area (Å²) in [5, 5.41) is 0. The monoisotopic (exact) mass is 221 g/mol. The minimum atomic E-state index is 0.244. The Labute approximate surface area is 94.2 Å². The molecule has 2 N–H and O–H groups in total. The Morgan fingerprint density at radius 1 is 1.33 bits per heavy atom. The van der Waals surface area contributed by atoms with Crippen molar-refractivity contribution in [1.29, 1.82) is 0 Å². The highest BCUT2D eigenvalue weighted by Crippen LogP contribution is 2.33. The lowest BCUT2D eigenvalue weighted by Gasteiger charge is -2.26. The van der Waals surface area contributed by atoms with E-state index < -0.39 is 0 Å². The van der Waals surface area contributed by atoms with Gasteiger partial charge in [0.25, 0.3) is 0 Å². The van der Waals surface area contributed by atoms with Gasteiger partial charge in [-0.15, -0.1) is 0 Å². The third-order valence-corrected chi connectivity index (χ3v) is 4.36. The predicted octanol–water partition coefficient (Wildman–Crippen LogP) is 2.13. The standard InChI is InChI=1S/C12H15NOS/c13-12-4-1-8-5-9(2-3-11(8)12)14-10-6-15-7-10/h2-3,5,10,12H,1,4,6-7,13H2. The Balaban J connectivity index is 1.79. The molecule has 1 aromatic carbocycles. The average Bonchev–Trinajstić information content (AvgIpc) is 2.54. The van der Waals surface area contributed by atoms with Gasteiger partial charge in [0.15, 0.2) is 0 Å². The Morgan fingerprint density at radius 3 is 2.93 bits per heavy atom. The van der Waals surface area contributed by atoms with Crippen molar-refractivity contribution in [1.82, 2.24) is 0 Å². The Kier molecular flexibility index (Phi) is 2.37. The van der Waals surface area contributed by atoms with Crippen molar-refractivity contribution in [2.24, 2.45) is 5.73 Å². The zero-order valence-electron chi connectivity index (χ0n) is 8.61. The van der Waals surface area contributed by atoms with Crippen LogP contribution in [0.2, 0.25) is 0 Å². The zero-order chi connectivity index (χ0) is 10.3. The van der Waals surface area contributed by atoms with Crippen LogP contribution in [-0.4, -0.2) is 17.6 Å². The van der Waals surface area contributed by atoms with E-state index in [9.17, 15) is 0 Å². The largest absolute Gasteiger partial charge is 0.489 e. The number of nitrogens with two attached hydrogens (primary N) is 1. The minimum absolute atomic E-state index is 0.244. The fraction of sp³-hybridized carbons (Fsp3) is 0.500. The van der Waals surface area contributed by atoms with Gasteiger partial charge in [-0.05, 0) is 36.1 Å². The van der Waals surface area contributed by atoms with E-state index in [4.69, 9.17) is 10.5 Å². The van der Waals surface area contributed by atoms with Crippen LogP contribution in [0, 0.1) is 0 Å². The molecular formula is C12H15NOS. The van der Waals surface area contributed by atoms with E-state index in [0.29, 0.717) is 6.10 Å². The molecule has 1 saturated heterocycles. The van der Waals surface area contributed by atoms with Crippen LogP contribution in [0.3, 0.4) is 0 Å². The van der Waals surface area contributed by atoms with E-state index in [-0.39, 0.29) is 6.04 Å². The predicted molar refractivity (Wildman–Crippen MR) is 63.4 cm³/mol. The van der Waals surface area contributed by atoms with Crippen LogP contribution >= 0.6 is 11.8 Å². The quantitative estimate of drug-likeness (QED) is 0.831. The molecule has 1 aromatic rings. The molecule has 3 rings (SSSR count). The molecule has 1 fully saturated rings. The van der Waals surface area contributed by atoms with Gasteiger partial charge in [0.05, 0.1) is 0 Å². The summed E-state index contributed by atoms with van der Waals surface area (Å²) in [6.45, 7) is 0. The number of hydrogen-bond donors (Lipinski definition) is 1. The summed E-state index contributed by atoms with van der Waals surface area (Å²) >= 11 is 1.95. The van der Waals surface area contributed by atoms with Crippen LogP contribution in [0.25, 0.3) is 0 Å². The van der Waals surface area contributed by atoms with Crippen molar-refractivity contribution < 1.29 is 4.74 Å². The summed E-state index contributed by atoms with van der Waals surface area (Å²) < 4.78 is 5.85. The third kappa shape index (κ3) is 1.74. The number of hydrogen-bond acceptors (Lipinski definition) is 3. The highest BCUT2D eigenvalue weighted by atomic mass is 32.2. The molecule has 1 aliphatic heterocycles. The molecule has 15 heavy (non-hydrogen) atoms. The van der Waals surface area contributed by atoms with Gasteiger partial charge in [-0.2, -0.15) is 11.8 Å². The van der Waals surface area contributed by atoms with Gasteiger partial charge in [-0.1, -0.05) is 6.07 Å². The first-order valence-electron chi connectivity index (χ1n) is 5.46. The number of aryl methyl sites for hydroxylation is 1. The second-order valence-corrected chi connectivity index (χ2v) is 5.36. The topological polar surface area (TPSA) is 35.2 Å². The van der Waals surface area contributed by atoms with E-state index in [1.54, 1.807) is 0 Å². The van der Waals surface area contributed by atoms with Crippen LogP contribution in [0.4, 0.5) is 0 Å². The summed E-state index contributed by atoms with van der Waals surface area (Å²) in [7, 11) is 0. The summed E-state index contributed by atoms with van der Waals surface area (Å²) in [6.07, 6.45) is 2.62. The summed E-state index contributed by atoms with van der Waals surface area (Å²) in [6, 6.07) is 6.61. The molecule has 1 heterocycles. The molecule has 0 radical (unpaired) electrons. The van der Waals surface area contributed by atoms with Gasteiger partial charge in [-0.3, -0.25) is 0 Å². The average molecular weight is 221 g/mol. The third-order valence-electron chi connectivity index (χ3n) is 3.15. The maximum atomic E-state index is 5.99. The molecule has 0 bridgehead atoms. The Hall–Kier alpha value is -0.670. The highest BCUT2D eigenvalue weighted by molar-refractivity contribution is 8.00. The smallest absolute Gasteiger partial charge is 0.120 e. The molecule has 1 atom stereocenters. The van der Waals surface area contributed by atoms with E-state index in [1.165, 1.54) is 11.1 Å². The van der Waals surface area contributed by atoms with E-state index in [1.807, 2.05) is 11.8 Å². The highest BCUT2D eigenvalue weighted by Gasteiger charge is 2.22. The van der Waals surface area contributed by atoms with Crippen LogP contribution in [-0.2, 0) is 6.42 Å². The van der Waals surface area contributed by atoms with E-state index in [2.05, 4.69) is 18.2 Å². The van der Waals surface area contributed by atoms with Gasteiger partial charge in [-0.25, -0.2) is 0 Å². The first kappa shape index (κ1) is 9.55. The van der Waals surface area contributed by atoms with Crippen LogP contribution in [0.5, 0.6) is 5.75 Å². The van der Waals surface area contributed by atoms with Crippen molar-refractivity contribution in [3.63, 3.8) is 0 Å². The molecule has 0 spiro atoms. The first-order chi connectivity index (χ1) is 7.33. The normalized spacial score (nSPS) is 24.7. The molecule has 3 heteroatoms. The van der Waals surface area contributed by atoms with Crippen LogP contribution in [0.15, 0.2) is 18.2 Å². The molecule has 0 saturated carbocycles. The molecule has 2 nitrogen and oxygen atoms in total. The molecule has 0 aromatic heterocycles. The zero-order valence-corrected chi connectivity index (χ0v) is 9.43. The fourth-order valence-corrected chi connectivity index (χ4v) is 2.74. The molecule has 0 amide bonds. The lowest BCUT2D eigenvalue weighted by atomic mass is 10.1. The summed E-state index contributed by atoms with van der Waals surface area (Å²) in [5.41, 5.74) is 8.68. The van der Waals surface area contributed by atoms with E-state index in [0.717, 1.165) is 30.1 Å². The van der Waals surface area contributed by atoms with Crippen LogP contribution in [0.1, 0.15) is 23.6 Å². The number of thioether (sulfide) groups is 1. The lowest BCUT2D eigenvalue weighted by molar-refractivity contribution is 0.240. The number of ether oxygens (including phenoxy) is 1. The SMILES string of the molecule is NC1CCc2cc(OC3CSC3)ccc21. The first-order valence-corrected chi connectivity index (χ1v) is 6.61. The second kappa shape index (κ2) is 3.72. The van der Waals surface area contributed by atoms with Crippen molar-refractivity contribution in [3.8, 4) is 5.75 Å². The summed E-state index contributed by atoms with van der Waals surface area (Å²) in [5.74, 6) is 3.29. The van der Waals surface area contributed by atoms with Crippen molar-refractivity contribution >= 4 is 11.8 Å². The van der Waals surface area contributed by atoms with Crippen molar-refractivity contribution in [2.45, 2.75) is 25.0 Å². The van der Waals surface area contributed by atoms with Gasteiger partial charge in [0.1, 0.15) is 11.9 Å². The maximum absolute atomic E-state index is 5.99. The lowest BCUT2D eigenvalue weighted by Crippen LogP contribution is -2.31. The van der Waals surface area contributed by atoms with Gasteiger partial charge in [0.2, 0.25) is 0 Å². The van der Waals surface area contributed by atoms with Gasteiger partial charge < -0.3 is 10.5 Å². The Morgan fingerprint density at radius 2 is 2.20 bits per heavy atom. The van der Waals surface area contributed by atoms with Crippen molar-refractivity contribution in [2.75, 3.05) is 11.5 Å². The fourth-order valence-electron chi connectivity index (χ4n) is 2.17. The van der Waals surface area contributed by atoms with Gasteiger partial charge in [0, 0.05) is 17.5 Å². The molecule has 1 aliphatic carbocycles. The molecule has 1 unspecified atom stereocenters. The number of rotatable bonds is 2. The molecule has 80 valence electrons. The maximum Gasteiger partial charge on any atom is 0.120 e. The second-order valence-electron chi connectivity index (χ2n) is 4.28. The van der Waals surface area contributed by atoms with Gasteiger partial charge >= 0.3 is 0 Å². The van der Waals surface area contributed by atoms with Crippen molar-refractivity contribution in [3.05, 3.63) is 29.3 Å². The van der Waals surface area contributed by atoms with E-state index >= 15 is 0 Å². The minimum Gasteiger partial charge on any atom is -0.489 e.